The van der Waals surface area contributed by atoms with Crippen LogP contribution in [-0.2, 0) is 14.4 Å². The number of hydrogen-bond acceptors (Lipinski definition) is 3. The lowest BCUT2D eigenvalue weighted by Gasteiger charge is -2.06. The standard InChI is InChI=1S/C8H9NO5/c1-2-5(8(13)14)9-6(10)3-4-7(11)12/h2-5H,1H2,(H,9,10)(H,11,12)(H,13,14). The minimum absolute atomic E-state index is 0.608. The molecular weight excluding hydrogens is 190 g/mol. The first-order chi connectivity index (χ1) is 6.47. The number of carboxylic acid groups (broad SMARTS) is 2. The van der Waals surface area contributed by atoms with E-state index in [-0.39, 0.29) is 0 Å². The highest BCUT2D eigenvalue weighted by Crippen LogP contribution is 1.86. The maximum atomic E-state index is 10.8. The van der Waals surface area contributed by atoms with Gasteiger partial charge in [0.25, 0.3) is 0 Å². The number of amides is 1. The predicted molar refractivity (Wildman–Crippen MR) is 46.5 cm³/mol. The first kappa shape index (κ1) is 11.9. The Labute approximate surface area is 79.5 Å². The summed E-state index contributed by atoms with van der Waals surface area (Å²) < 4.78 is 0. The molecule has 0 rings (SSSR count). The van der Waals surface area contributed by atoms with E-state index in [2.05, 4.69) is 6.58 Å². The Bertz CT molecular complexity index is 294. The maximum absolute atomic E-state index is 10.8. The van der Waals surface area contributed by atoms with Gasteiger partial charge in [0.1, 0.15) is 6.04 Å². The number of aliphatic carboxylic acids is 2. The maximum Gasteiger partial charge on any atom is 0.330 e. The van der Waals surface area contributed by atoms with E-state index >= 15 is 0 Å². The fourth-order valence-corrected chi connectivity index (χ4v) is 0.570. The van der Waals surface area contributed by atoms with Crippen LogP contribution in [0.2, 0.25) is 0 Å². The van der Waals surface area contributed by atoms with Crippen molar-refractivity contribution in [2.45, 2.75) is 6.04 Å². The molecule has 0 aromatic heterocycles. The fourth-order valence-electron chi connectivity index (χ4n) is 0.570. The highest BCUT2D eigenvalue weighted by atomic mass is 16.4. The van der Waals surface area contributed by atoms with Crippen LogP contribution in [0.15, 0.2) is 24.8 Å². The van der Waals surface area contributed by atoms with Crippen LogP contribution in [0.3, 0.4) is 0 Å². The Balaban J connectivity index is 4.23. The van der Waals surface area contributed by atoms with Gasteiger partial charge in [0.15, 0.2) is 0 Å². The van der Waals surface area contributed by atoms with Crippen molar-refractivity contribution < 1.29 is 24.6 Å². The van der Waals surface area contributed by atoms with E-state index in [1.807, 2.05) is 5.32 Å². The summed E-state index contributed by atoms with van der Waals surface area (Å²) >= 11 is 0. The topological polar surface area (TPSA) is 104 Å². The van der Waals surface area contributed by atoms with Crippen LogP contribution in [0.4, 0.5) is 0 Å². The average Bonchev–Trinajstić information content (AvgIpc) is 2.10. The lowest BCUT2D eigenvalue weighted by Crippen LogP contribution is -2.38. The van der Waals surface area contributed by atoms with Crippen LogP contribution in [0, 0.1) is 0 Å². The van der Waals surface area contributed by atoms with Crippen molar-refractivity contribution in [2.24, 2.45) is 0 Å². The zero-order chi connectivity index (χ0) is 11.1. The van der Waals surface area contributed by atoms with E-state index in [1.54, 1.807) is 0 Å². The van der Waals surface area contributed by atoms with Crippen molar-refractivity contribution >= 4 is 17.8 Å². The molecule has 0 heterocycles. The first-order valence-corrected chi connectivity index (χ1v) is 3.54. The molecule has 0 aromatic carbocycles. The molecule has 0 aliphatic rings. The SMILES string of the molecule is C=CC(NC(=O)C=CC(=O)O)C(=O)O. The monoisotopic (exact) mass is 199 g/mol. The molecule has 0 spiro atoms. The van der Waals surface area contributed by atoms with E-state index in [9.17, 15) is 14.4 Å². The van der Waals surface area contributed by atoms with Gasteiger partial charge in [0.2, 0.25) is 5.91 Å². The van der Waals surface area contributed by atoms with Gasteiger partial charge in [0.05, 0.1) is 0 Å². The third-order valence-electron chi connectivity index (χ3n) is 1.18. The molecule has 0 saturated carbocycles. The van der Waals surface area contributed by atoms with E-state index in [1.165, 1.54) is 0 Å². The summed E-state index contributed by atoms with van der Waals surface area (Å²) in [6, 6.07) is -1.22. The predicted octanol–water partition coefficient (Wildman–Crippen LogP) is -0.617. The average molecular weight is 199 g/mol. The van der Waals surface area contributed by atoms with Crippen LogP contribution < -0.4 is 5.32 Å². The van der Waals surface area contributed by atoms with Gasteiger partial charge in [-0.25, -0.2) is 9.59 Å². The number of rotatable bonds is 5. The summed E-state index contributed by atoms with van der Waals surface area (Å²) in [7, 11) is 0. The summed E-state index contributed by atoms with van der Waals surface area (Å²) in [5.74, 6) is -3.36. The molecule has 6 nitrogen and oxygen atoms in total. The molecule has 1 amide bonds. The third kappa shape index (κ3) is 4.70. The lowest BCUT2D eigenvalue weighted by molar-refractivity contribution is -0.139. The highest BCUT2D eigenvalue weighted by molar-refractivity contribution is 5.96. The van der Waals surface area contributed by atoms with Crippen LogP contribution in [0.25, 0.3) is 0 Å². The smallest absolute Gasteiger partial charge is 0.330 e. The van der Waals surface area contributed by atoms with Gasteiger partial charge >= 0.3 is 11.9 Å². The second-order valence-electron chi connectivity index (χ2n) is 2.23. The number of carbonyl (C=O) groups excluding carboxylic acids is 1. The van der Waals surface area contributed by atoms with Gasteiger partial charge in [-0.1, -0.05) is 6.08 Å². The van der Waals surface area contributed by atoms with Gasteiger partial charge in [-0.3, -0.25) is 4.79 Å². The number of carboxylic acids is 2. The Kier molecular flexibility index (Phi) is 4.69. The minimum atomic E-state index is -1.29. The second kappa shape index (κ2) is 5.52. The van der Waals surface area contributed by atoms with E-state index in [4.69, 9.17) is 10.2 Å². The van der Waals surface area contributed by atoms with E-state index in [0.29, 0.717) is 6.08 Å². The third-order valence-corrected chi connectivity index (χ3v) is 1.18. The Hall–Kier alpha value is -2.11. The molecule has 0 aliphatic carbocycles. The molecule has 76 valence electrons. The van der Waals surface area contributed by atoms with Crippen molar-refractivity contribution in [1.82, 2.24) is 5.32 Å². The van der Waals surface area contributed by atoms with E-state index in [0.717, 1.165) is 12.2 Å². The molecular formula is C8H9NO5. The summed E-state index contributed by atoms with van der Waals surface area (Å²) in [5.41, 5.74) is 0. The van der Waals surface area contributed by atoms with Crippen molar-refractivity contribution in [3.63, 3.8) is 0 Å². The molecule has 0 aliphatic heterocycles. The van der Waals surface area contributed by atoms with Gasteiger partial charge in [-0.05, 0) is 0 Å². The zero-order valence-electron chi connectivity index (χ0n) is 7.14. The molecule has 0 radical (unpaired) electrons. The Morgan fingerprint density at radius 3 is 2.14 bits per heavy atom. The summed E-state index contributed by atoms with van der Waals surface area (Å²) in [5, 5.41) is 18.6. The molecule has 0 aromatic rings. The van der Waals surface area contributed by atoms with Crippen LogP contribution >= 0.6 is 0 Å². The molecule has 6 heteroatoms. The molecule has 1 unspecified atom stereocenters. The lowest BCUT2D eigenvalue weighted by atomic mass is 10.3. The number of hydrogen-bond donors (Lipinski definition) is 3. The van der Waals surface area contributed by atoms with Crippen molar-refractivity contribution in [2.75, 3.05) is 0 Å². The molecule has 0 bridgehead atoms. The molecule has 0 fully saturated rings. The van der Waals surface area contributed by atoms with Gasteiger partial charge in [-0.15, -0.1) is 6.58 Å². The van der Waals surface area contributed by atoms with E-state index < -0.39 is 23.9 Å². The van der Waals surface area contributed by atoms with Gasteiger partial charge in [0, 0.05) is 12.2 Å². The Morgan fingerprint density at radius 1 is 1.21 bits per heavy atom. The molecule has 1 atom stereocenters. The van der Waals surface area contributed by atoms with Crippen LogP contribution in [0.5, 0.6) is 0 Å². The quantitative estimate of drug-likeness (QED) is 0.404. The summed E-state index contributed by atoms with van der Waals surface area (Å²) in [4.78, 5) is 31.2. The zero-order valence-corrected chi connectivity index (χ0v) is 7.14. The molecule has 0 saturated heterocycles. The van der Waals surface area contributed by atoms with Gasteiger partial charge < -0.3 is 15.5 Å². The molecule has 14 heavy (non-hydrogen) atoms. The van der Waals surface area contributed by atoms with Crippen molar-refractivity contribution in [1.29, 1.82) is 0 Å². The van der Waals surface area contributed by atoms with Crippen molar-refractivity contribution in [3.8, 4) is 0 Å². The number of carbonyl (C=O) groups is 3. The number of nitrogens with one attached hydrogen (secondary N) is 1. The first-order valence-electron chi connectivity index (χ1n) is 3.54. The van der Waals surface area contributed by atoms with Gasteiger partial charge in [-0.2, -0.15) is 0 Å². The highest BCUT2D eigenvalue weighted by Gasteiger charge is 2.13. The summed E-state index contributed by atoms with van der Waals surface area (Å²) in [6.07, 6.45) is 2.36. The Morgan fingerprint density at radius 2 is 1.79 bits per heavy atom. The van der Waals surface area contributed by atoms with Crippen molar-refractivity contribution in [3.05, 3.63) is 24.8 Å². The fraction of sp³-hybridized carbons (Fsp3) is 0.125. The van der Waals surface area contributed by atoms with Crippen LogP contribution in [-0.4, -0.2) is 34.1 Å². The second-order valence-corrected chi connectivity index (χ2v) is 2.23. The normalized spacial score (nSPS) is 12.0. The summed E-state index contributed by atoms with van der Waals surface area (Å²) in [6.45, 7) is 3.19. The largest absolute Gasteiger partial charge is 0.479 e. The van der Waals surface area contributed by atoms with Crippen LogP contribution in [0.1, 0.15) is 0 Å². The molecule has 3 N–H and O–H groups in total. The minimum Gasteiger partial charge on any atom is -0.479 e.